The lowest BCUT2D eigenvalue weighted by Crippen LogP contribution is -2.13. The average Bonchev–Trinajstić information content (AvgIpc) is 3.55. The molecule has 0 bridgehead atoms. The number of nitrogen functional groups attached to an aromatic ring is 1. The standard InChI is InChI=1S/C28H28F2N5O7P/c1-16-4-6-20(7-5-16)25-23(41-18(3)42-25)13-40-43(37,39-12-19-10-21(29)17(2)22(30)11-19)15-38-9-8-35-14-32-24-26(35)33-28(31)34-27(24)36/h4-7,10-11,14H,3,8-9,12-13,15H2,1-2H3,(H3,31,33,34,36). The summed E-state index contributed by atoms with van der Waals surface area (Å²) in [6, 6.07) is 9.59. The van der Waals surface area contributed by atoms with E-state index in [1.165, 1.54) is 13.3 Å². The van der Waals surface area contributed by atoms with Gasteiger partial charge in [-0.25, -0.2) is 13.8 Å². The van der Waals surface area contributed by atoms with Gasteiger partial charge in [0.15, 0.2) is 22.7 Å². The van der Waals surface area contributed by atoms with Crippen LogP contribution in [0.25, 0.3) is 16.9 Å². The predicted octanol–water partition coefficient (Wildman–Crippen LogP) is 4.88. The highest BCUT2D eigenvalue weighted by molar-refractivity contribution is 7.53. The van der Waals surface area contributed by atoms with E-state index < -0.39 is 37.7 Å². The van der Waals surface area contributed by atoms with Crippen LogP contribution in [0.4, 0.5) is 14.7 Å². The zero-order valence-electron chi connectivity index (χ0n) is 23.3. The molecule has 1 aliphatic rings. The van der Waals surface area contributed by atoms with Gasteiger partial charge in [0.2, 0.25) is 5.95 Å². The number of halogens is 2. The van der Waals surface area contributed by atoms with Crippen molar-refractivity contribution in [2.45, 2.75) is 27.0 Å². The van der Waals surface area contributed by atoms with Crippen molar-refractivity contribution in [1.82, 2.24) is 19.5 Å². The summed E-state index contributed by atoms with van der Waals surface area (Å²) >= 11 is 0. The minimum Gasteiger partial charge on any atom is -0.424 e. The van der Waals surface area contributed by atoms with E-state index in [9.17, 15) is 18.1 Å². The number of anilines is 1. The fraction of sp³-hybridized carbons (Fsp3) is 0.250. The Morgan fingerprint density at radius 3 is 2.51 bits per heavy atom. The van der Waals surface area contributed by atoms with Gasteiger partial charge in [-0.3, -0.25) is 18.9 Å². The molecule has 1 atom stereocenters. The molecule has 0 amide bonds. The molecule has 0 aliphatic carbocycles. The van der Waals surface area contributed by atoms with Crippen LogP contribution in [-0.4, -0.2) is 39.1 Å². The van der Waals surface area contributed by atoms with Crippen LogP contribution >= 0.6 is 7.60 Å². The van der Waals surface area contributed by atoms with Crippen molar-refractivity contribution in [3.8, 4) is 0 Å². The normalized spacial score (nSPS) is 14.7. The first-order valence-corrected chi connectivity index (χ1v) is 14.7. The van der Waals surface area contributed by atoms with Gasteiger partial charge < -0.3 is 29.0 Å². The Morgan fingerprint density at radius 2 is 1.79 bits per heavy atom. The first-order valence-electron chi connectivity index (χ1n) is 13.0. The number of aromatic nitrogens is 4. The van der Waals surface area contributed by atoms with E-state index in [1.54, 1.807) is 4.57 Å². The maximum atomic E-state index is 14.1. The zero-order chi connectivity index (χ0) is 30.7. The SMILES string of the molecule is C=C1OC(COP(=O)(COCCn2cnc3c(=O)[nH]c(N)nc32)OCc2cc(F)c(C)c(F)c2)=C(c2ccc(C)cc2)O1. The smallest absolute Gasteiger partial charge is 0.356 e. The number of nitrogens with two attached hydrogens (primary N) is 1. The molecule has 1 aliphatic heterocycles. The molecule has 5 rings (SSSR count). The third-order valence-electron chi connectivity index (χ3n) is 6.40. The molecule has 0 saturated heterocycles. The summed E-state index contributed by atoms with van der Waals surface area (Å²) in [6.07, 6.45) is 0.869. The Hall–Kier alpha value is -4.36. The molecule has 2 aromatic carbocycles. The Labute approximate surface area is 244 Å². The number of nitrogens with zero attached hydrogens (tertiary/aromatic N) is 3. The van der Waals surface area contributed by atoms with Crippen molar-refractivity contribution in [3.05, 3.63) is 105 Å². The summed E-state index contributed by atoms with van der Waals surface area (Å²) < 4.78 is 71.7. The monoisotopic (exact) mass is 615 g/mol. The Morgan fingerprint density at radius 1 is 1.09 bits per heavy atom. The highest BCUT2D eigenvalue weighted by Gasteiger charge is 2.30. The summed E-state index contributed by atoms with van der Waals surface area (Å²) in [7, 11) is -4.08. The second kappa shape index (κ2) is 12.5. The van der Waals surface area contributed by atoms with E-state index in [0.29, 0.717) is 11.3 Å². The van der Waals surface area contributed by atoms with E-state index in [-0.39, 0.29) is 59.7 Å². The molecule has 0 saturated carbocycles. The average molecular weight is 616 g/mol. The molecule has 43 heavy (non-hydrogen) atoms. The fourth-order valence-corrected chi connectivity index (χ4v) is 5.33. The predicted molar refractivity (Wildman–Crippen MR) is 152 cm³/mol. The number of fused-ring (bicyclic) bond motifs is 1. The van der Waals surface area contributed by atoms with E-state index >= 15 is 0 Å². The number of H-pyrrole nitrogens is 1. The van der Waals surface area contributed by atoms with Crippen LogP contribution in [0.2, 0.25) is 0 Å². The maximum Gasteiger partial charge on any atom is 0.356 e. The van der Waals surface area contributed by atoms with Crippen LogP contribution in [0.3, 0.4) is 0 Å². The lowest BCUT2D eigenvalue weighted by Gasteiger charge is -2.19. The third kappa shape index (κ3) is 7.00. The van der Waals surface area contributed by atoms with Gasteiger partial charge >= 0.3 is 7.60 Å². The van der Waals surface area contributed by atoms with Gasteiger partial charge in [0.25, 0.3) is 11.5 Å². The van der Waals surface area contributed by atoms with Gasteiger partial charge in [-0.1, -0.05) is 29.8 Å². The number of aromatic amines is 1. The van der Waals surface area contributed by atoms with Gasteiger partial charge in [-0.05, 0) is 38.1 Å². The number of imidazole rings is 1. The summed E-state index contributed by atoms with van der Waals surface area (Å²) in [5.74, 6) is -1.08. The second-order valence-electron chi connectivity index (χ2n) is 9.64. The van der Waals surface area contributed by atoms with Crippen molar-refractivity contribution in [1.29, 1.82) is 0 Å². The molecule has 226 valence electrons. The number of benzene rings is 2. The number of hydrogen-bond acceptors (Lipinski definition) is 10. The van der Waals surface area contributed by atoms with Crippen LogP contribution in [0.1, 0.15) is 22.3 Å². The molecular formula is C28H28F2N5O7P. The summed E-state index contributed by atoms with van der Waals surface area (Å²) in [5, 5.41) is 0. The van der Waals surface area contributed by atoms with Crippen molar-refractivity contribution < 1.29 is 36.6 Å². The largest absolute Gasteiger partial charge is 0.424 e. The van der Waals surface area contributed by atoms with Crippen LogP contribution in [0.15, 0.2) is 65.8 Å². The van der Waals surface area contributed by atoms with Crippen molar-refractivity contribution in [2.75, 3.05) is 25.3 Å². The van der Waals surface area contributed by atoms with E-state index in [4.69, 9.17) is 29.0 Å². The van der Waals surface area contributed by atoms with Gasteiger partial charge in [-0.2, -0.15) is 4.98 Å². The Bertz CT molecular complexity index is 1800. The first-order chi connectivity index (χ1) is 20.5. The van der Waals surface area contributed by atoms with Gasteiger partial charge in [-0.15, -0.1) is 0 Å². The molecule has 0 spiro atoms. The molecule has 0 fully saturated rings. The van der Waals surface area contributed by atoms with Crippen LogP contribution in [-0.2, 0) is 41.0 Å². The summed E-state index contributed by atoms with van der Waals surface area (Å²) in [5.41, 5.74) is 7.17. The van der Waals surface area contributed by atoms with Gasteiger partial charge in [0.1, 0.15) is 24.6 Å². The van der Waals surface area contributed by atoms with E-state index in [2.05, 4.69) is 21.5 Å². The van der Waals surface area contributed by atoms with Crippen molar-refractivity contribution in [3.63, 3.8) is 0 Å². The molecular weight excluding hydrogens is 587 g/mol. The number of aryl methyl sites for hydroxylation is 1. The highest BCUT2D eigenvalue weighted by Crippen LogP contribution is 2.50. The van der Waals surface area contributed by atoms with Crippen LogP contribution in [0, 0.1) is 25.5 Å². The lowest BCUT2D eigenvalue weighted by atomic mass is 10.1. The Kier molecular flexibility index (Phi) is 8.74. The molecule has 2 aromatic heterocycles. The molecule has 3 N–H and O–H groups in total. The zero-order valence-corrected chi connectivity index (χ0v) is 24.2. The third-order valence-corrected chi connectivity index (χ3v) is 7.94. The maximum absolute atomic E-state index is 14.1. The van der Waals surface area contributed by atoms with Crippen LogP contribution < -0.4 is 11.3 Å². The van der Waals surface area contributed by atoms with Gasteiger partial charge in [0.05, 0.1) is 19.5 Å². The van der Waals surface area contributed by atoms with E-state index in [0.717, 1.165) is 17.7 Å². The highest BCUT2D eigenvalue weighted by atomic mass is 31.2. The van der Waals surface area contributed by atoms with Crippen molar-refractivity contribution in [2.24, 2.45) is 0 Å². The number of ether oxygens (including phenoxy) is 3. The molecule has 3 heterocycles. The molecule has 15 heteroatoms. The number of hydrogen-bond donors (Lipinski definition) is 2. The lowest BCUT2D eigenvalue weighted by molar-refractivity contribution is 0.114. The first kappa shape index (κ1) is 30.1. The molecule has 4 aromatic rings. The van der Waals surface area contributed by atoms with E-state index in [1.807, 2.05) is 31.2 Å². The minimum absolute atomic E-state index is 0.00687. The molecule has 1 unspecified atom stereocenters. The fourth-order valence-electron chi connectivity index (χ4n) is 4.09. The minimum atomic E-state index is -4.08. The number of nitrogens with one attached hydrogen (secondary N) is 1. The van der Waals surface area contributed by atoms with Crippen LogP contribution in [0.5, 0.6) is 0 Å². The topological polar surface area (TPSA) is 153 Å². The second-order valence-corrected chi connectivity index (χ2v) is 11.6. The molecule has 0 radical (unpaired) electrons. The number of rotatable bonds is 12. The van der Waals surface area contributed by atoms with Gasteiger partial charge in [0, 0.05) is 17.7 Å². The van der Waals surface area contributed by atoms with Crippen molar-refractivity contribution >= 4 is 30.5 Å². The Balaban J connectivity index is 1.31. The molecule has 12 nitrogen and oxygen atoms in total. The quantitative estimate of drug-likeness (QED) is 0.167. The summed E-state index contributed by atoms with van der Waals surface area (Å²) in [6.45, 7) is 6.29. The summed E-state index contributed by atoms with van der Waals surface area (Å²) in [4.78, 5) is 22.5.